The topological polar surface area (TPSA) is 62.3 Å². The summed E-state index contributed by atoms with van der Waals surface area (Å²) in [5, 5.41) is 2.63. The number of amides is 2. The first-order valence-corrected chi connectivity index (χ1v) is 9.16. The molecule has 6 heteroatoms. The molecule has 2 amide bonds. The number of rotatable bonds is 5. The Balaban J connectivity index is 1.59. The lowest BCUT2D eigenvalue weighted by Crippen LogP contribution is -2.55. The number of aromatic nitrogens is 1. The molecule has 1 aliphatic heterocycles. The average molecular weight is 369 g/mol. The molecule has 3 rings (SSSR count). The maximum absolute atomic E-state index is 15.3. The number of nitrogens with one attached hydrogen (secondary N) is 1. The van der Waals surface area contributed by atoms with Crippen LogP contribution in [0.1, 0.15) is 29.5 Å². The Kier molecular flexibility index (Phi) is 5.84. The van der Waals surface area contributed by atoms with E-state index in [0.717, 1.165) is 16.7 Å². The van der Waals surface area contributed by atoms with E-state index in [-0.39, 0.29) is 31.8 Å². The molecular weight excluding hydrogens is 345 g/mol. The lowest BCUT2D eigenvalue weighted by atomic mass is 9.93. The Morgan fingerprint density at radius 2 is 2.07 bits per heavy atom. The van der Waals surface area contributed by atoms with E-state index in [9.17, 15) is 9.59 Å². The fourth-order valence-electron chi connectivity index (χ4n) is 3.36. The van der Waals surface area contributed by atoms with Gasteiger partial charge in [-0.3, -0.25) is 14.6 Å². The monoisotopic (exact) mass is 369 g/mol. The van der Waals surface area contributed by atoms with Crippen LogP contribution in [0.25, 0.3) is 0 Å². The van der Waals surface area contributed by atoms with Crippen LogP contribution < -0.4 is 5.32 Å². The summed E-state index contributed by atoms with van der Waals surface area (Å²) in [5.74, 6) is -0.818. The smallest absolute Gasteiger partial charge is 0.259 e. The highest BCUT2D eigenvalue weighted by Gasteiger charge is 2.43. The lowest BCUT2D eigenvalue weighted by molar-refractivity contribution is -0.143. The SMILES string of the molecule is Cc1cccc(CC(=O)N2CCCC(F)(C(=O)NCc3cccnc3)C2)c1. The molecule has 1 atom stereocenters. The van der Waals surface area contributed by atoms with E-state index in [1.807, 2.05) is 37.3 Å². The Morgan fingerprint density at radius 3 is 2.81 bits per heavy atom. The first kappa shape index (κ1) is 19.0. The second-order valence-corrected chi connectivity index (χ2v) is 7.09. The molecule has 0 bridgehead atoms. The largest absolute Gasteiger partial charge is 0.349 e. The highest BCUT2D eigenvalue weighted by Crippen LogP contribution is 2.26. The molecule has 1 aliphatic rings. The minimum atomic E-state index is -2.05. The van der Waals surface area contributed by atoms with Crippen LogP contribution in [0.3, 0.4) is 0 Å². The molecule has 1 fully saturated rings. The van der Waals surface area contributed by atoms with Crippen molar-refractivity contribution in [3.63, 3.8) is 0 Å². The third kappa shape index (κ3) is 4.90. The summed E-state index contributed by atoms with van der Waals surface area (Å²) in [4.78, 5) is 30.5. The predicted octanol–water partition coefficient (Wildman–Crippen LogP) is 2.58. The van der Waals surface area contributed by atoms with Crippen molar-refractivity contribution >= 4 is 11.8 Å². The van der Waals surface area contributed by atoms with Gasteiger partial charge in [0.1, 0.15) is 0 Å². The van der Waals surface area contributed by atoms with Gasteiger partial charge in [-0.25, -0.2) is 4.39 Å². The van der Waals surface area contributed by atoms with E-state index in [4.69, 9.17) is 0 Å². The molecule has 0 saturated carbocycles. The quantitative estimate of drug-likeness (QED) is 0.881. The molecule has 1 aromatic heterocycles. The molecule has 0 spiro atoms. The zero-order chi connectivity index (χ0) is 19.3. The normalized spacial score (nSPS) is 19.6. The van der Waals surface area contributed by atoms with Crippen molar-refractivity contribution in [2.24, 2.45) is 0 Å². The standard InChI is InChI=1S/C21H24FN3O2/c1-16-5-2-6-17(11-16)12-19(26)25-10-4-8-21(22,15-25)20(27)24-14-18-7-3-9-23-13-18/h2-3,5-7,9,11,13H,4,8,10,12,14-15H2,1H3,(H,24,27). The van der Waals surface area contributed by atoms with Crippen molar-refractivity contribution in [1.29, 1.82) is 0 Å². The summed E-state index contributed by atoms with van der Waals surface area (Å²) >= 11 is 0. The molecule has 1 N–H and O–H groups in total. The van der Waals surface area contributed by atoms with Crippen LogP contribution in [0.5, 0.6) is 0 Å². The number of carbonyl (C=O) groups is 2. The van der Waals surface area contributed by atoms with E-state index < -0.39 is 11.6 Å². The average Bonchev–Trinajstić information content (AvgIpc) is 2.67. The number of pyridine rings is 1. The third-order valence-electron chi connectivity index (χ3n) is 4.82. The Bertz CT molecular complexity index is 812. The van der Waals surface area contributed by atoms with Gasteiger partial charge in [0.2, 0.25) is 11.6 Å². The summed E-state index contributed by atoms with van der Waals surface area (Å²) in [5.41, 5.74) is 0.727. The van der Waals surface area contributed by atoms with Gasteiger partial charge in [-0.1, -0.05) is 35.9 Å². The van der Waals surface area contributed by atoms with E-state index in [1.54, 1.807) is 18.5 Å². The summed E-state index contributed by atoms with van der Waals surface area (Å²) in [7, 11) is 0. The molecule has 1 unspecified atom stereocenters. The van der Waals surface area contributed by atoms with Crippen molar-refractivity contribution in [2.45, 2.75) is 38.4 Å². The summed E-state index contributed by atoms with van der Waals surface area (Å²) in [6.07, 6.45) is 4.08. The number of benzene rings is 1. The maximum atomic E-state index is 15.3. The van der Waals surface area contributed by atoms with Crippen LogP contribution >= 0.6 is 0 Å². The molecule has 5 nitrogen and oxygen atoms in total. The fourth-order valence-corrected chi connectivity index (χ4v) is 3.36. The third-order valence-corrected chi connectivity index (χ3v) is 4.82. The van der Waals surface area contributed by atoms with Crippen LogP contribution in [0.2, 0.25) is 0 Å². The number of alkyl halides is 1. The van der Waals surface area contributed by atoms with E-state index in [2.05, 4.69) is 10.3 Å². The predicted molar refractivity (Wildman–Crippen MR) is 101 cm³/mol. The van der Waals surface area contributed by atoms with Gasteiger partial charge < -0.3 is 10.2 Å². The Labute approximate surface area is 158 Å². The lowest BCUT2D eigenvalue weighted by Gasteiger charge is -2.36. The highest BCUT2D eigenvalue weighted by atomic mass is 19.1. The van der Waals surface area contributed by atoms with Crippen molar-refractivity contribution in [2.75, 3.05) is 13.1 Å². The Hall–Kier alpha value is -2.76. The van der Waals surface area contributed by atoms with Crippen molar-refractivity contribution in [1.82, 2.24) is 15.2 Å². The molecule has 0 radical (unpaired) electrons. The second kappa shape index (κ2) is 8.29. The first-order chi connectivity index (χ1) is 13.0. The number of aryl methyl sites for hydroxylation is 1. The van der Waals surface area contributed by atoms with Gasteiger partial charge in [0.15, 0.2) is 0 Å². The first-order valence-electron chi connectivity index (χ1n) is 9.16. The number of carbonyl (C=O) groups excluding carboxylic acids is 2. The fraction of sp³-hybridized carbons (Fsp3) is 0.381. The van der Waals surface area contributed by atoms with Crippen LogP contribution in [-0.2, 0) is 22.6 Å². The number of hydrogen-bond acceptors (Lipinski definition) is 3. The number of hydrogen-bond donors (Lipinski definition) is 1. The molecule has 1 saturated heterocycles. The van der Waals surface area contributed by atoms with Gasteiger partial charge in [-0.05, 0) is 37.0 Å². The number of halogens is 1. The van der Waals surface area contributed by atoms with Gasteiger partial charge in [-0.2, -0.15) is 0 Å². The molecular formula is C21H24FN3O2. The number of piperidine rings is 1. The van der Waals surface area contributed by atoms with Gasteiger partial charge in [0.25, 0.3) is 5.91 Å². The Morgan fingerprint density at radius 1 is 1.26 bits per heavy atom. The van der Waals surface area contributed by atoms with Gasteiger partial charge in [0.05, 0.1) is 13.0 Å². The molecule has 142 valence electrons. The zero-order valence-electron chi connectivity index (χ0n) is 15.5. The van der Waals surface area contributed by atoms with Crippen LogP contribution in [-0.4, -0.2) is 40.5 Å². The second-order valence-electron chi connectivity index (χ2n) is 7.09. The molecule has 0 aliphatic carbocycles. The van der Waals surface area contributed by atoms with Crippen molar-refractivity contribution < 1.29 is 14.0 Å². The summed E-state index contributed by atoms with van der Waals surface area (Å²) in [6.45, 7) is 2.46. The van der Waals surface area contributed by atoms with Crippen LogP contribution in [0, 0.1) is 6.92 Å². The van der Waals surface area contributed by atoms with Crippen LogP contribution in [0.4, 0.5) is 4.39 Å². The number of likely N-dealkylation sites (tertiary alicyclic amines) is 1. The van der Waals surface area contributed by atoms with E-state index in [1.165, 1.54) is 4.90 Å². The molecule has 1 aromatic carbocycles. The van der Waals surface area contributed by atoms with E-state index in [0.29, 0.717) is 13.0 Å². The van der Waals surface area contributed by atoms with E-state index >= 15 is 4.39 Å². The minimum absolute atomic E-state index is 0.125. The number of nitrogens with zero attached hydrogens (tertiary/aromatic N) is 2. The summed E-state index contributed by atoms with van der Waals surface area (Å²) in [6, 6.07) is 11.3. The minimum Gasteiger partial charge on any atom is -0.349 e. The van der Waals surface area contributed by atoms with Crippen molar-refractivity contribution in [3.05, 3.63) is 65.5 Å². The van der Waals surface area contributed by atoms with Gasteiger partial charge in [0, 0.05) is 25.5 Å². The molecule has 27 heavy (non-hydrogen) atoms. The maximum Gasteiger partial charge on any atom is 0.259 e. The summed E-state index contributed by atoms with van der Waals surface area (Å²) < 4.78 is 15.3. The van der Waals surface area contributed by atoms with Gasteiger partial charge in [-0.15, -0.1) is 0 Å². The van der Waals surface area contributed by atoms with Gasteiger partial charge >= 0.3 is 0 Å². The molecule has 2 heterocycles. The molecule has 2 aromatic rings. The zero-order valence-corrected chi connectivity index (χ0v) is 15.5. The van der Waals surface area contributed by atoms with Crippen LogP contribution in [0.15, 0.2) is 48.8 Å². The van der Waals surface area contributed by atoms with Crippen molar-refractivity contribution in [3.8, 4) is 0 Å². The highest BCUT2D eigenvalue weighted by molar-refractivity contribution is 5.87.